The maximum Gasteiger partial charge on any atom is 0.135 e. The fraction of sp³-hybridized carbons (Fsp3) is 0.250. The molecular formula is C16H18BrNO2. The van der Waals surface area contributed by atoms with Crippen molar-refractivity contribution in [3.05, 3.63) is 52.5 Å². The molecule has 4 heteroatoms. The van der Waals surface area contributed by atoms with Gasteiger partial charge >= 0.3 is 0 Å². The average molecular weight is 336 g/mol. The molecule has 0 heterocycles. The molecule has 3 nitrogen and oxygen atoms in total. The molecule has 0 aliphatic heterocycles. The number of halogens is 1. The molecule has 0 bridgehead atoms. The van der Waals surface area contributed by atoms with Crippen LogP contribution in [0, 0.1) is 0 Å². The van der Waals surface area contributed by atoms with Crippen LogP contribution in [0.2, 0.25) is 0 Å². The lowest BCUT2D eigenvalue weighted by Gasteiger charge is -2.19. The summed E-state index contributed by atoms with van der Waals surface area (Å²) in [4.78, 5) is 0. The summed E-state index contributed by atoms with van der Waals surface area (Å²) in [5.74, 6) is 2.42. The Balaban J connectivity index is 2.37. The molecule has 2 aromatic rings. The monoisotopic (exact) mass is 335 g/mol. The summed E-state index contributed by atoms with van der Waals surface area (Å²) < 4.78 is 12.5. The van der Waals surface area contributed by atoms with E-state index in [9.17, 15) is 0 Å². The third kappa shape index (κ3) is 3.32. The Morgan fingerprint density at radius 3 is 2.30 bits per heavy atom. The Bertz CT molecular complexity index is 569. The van der Waals surface area contributed by atoms with Crippen LogP contribution in [0.4, 0.5) is 0 Å². The molecule has 106 valence electrons. The zero-order chi connectivity index (χ0) is 14.5. The van der Waals surface area contributed by atoms with E-state index in [0.717, 1.165) is 27.3 Å². The van der Waals surface area contributed by atoms with Gasteiger partial charge in [-0.3, -0.25) is 0 Å². The first-order chi connectivity index (χ1) is 9.65. The van der Waals surface area contributed by atoms with Crippen molar-refractivity contribution in [3.63, 3.8) is 0 Å². The van der Waals surface area contributed by atoms with Crippen LogP contribution < -0.4 is 14.8 Å². The molecule has 0 radical (unpaired) electrons. The zero-order valence-electron chi connectivity index (χ0n) is 11.8. The highest BCUT2D eigenvalue weighted by molar-refractivity contribution is 9.10. The van der Waals surface area contributed by atoms with Crippen molar-refractivity contribution in [2.75, 3.05) is 14.2 Å². The predicted octanol–water partition coefficient (Wildman–Crippen LogP) is 4.53. The van der Waals surface area contributed by atoms with Gasteiger partial charge in [0, 0.05) is 10.5 Å². The second-order valence-corrected chi connectivity index (χ2v) is 5.35. The number of hydrogen-bond donors (Lipinski definition) is 1. The van der Waals surface area contributed by atoms with Crippen molar-refractivity contribution in [1.82, 2.24) is 5.32 Å². The summed E-state index contributed by atoms with van der Waals surface area (Å²) in [6.07, 6.45) is 0. The first kappa shape index (κ1) is 14.9. The largest absolute Gasteiger partial charge is 0.496 e. The van der Waals surface area contributed by atoms with Gasteiger partial charge in [0.2, 0.25) is 0 Å². The number of rotatable bonds is 5. The second-order valence-electron chi connectivity index (χ2n) is 4.44. The van der Waals surface area contributed by atoms with Crippen LogP contribution >= 0.6 is 15.9 Å². The highest BCUT2D eigenvalue weighted by Gasteiger charge is 2.16. The van der Waals surface area contributed by atoms with E-state index in [2.05, 4.69) is 28.2 Å². The molecule has 0 saturated heterocycles. The van der Waals surface area contributed by atoms with Gasteiger partial charge in [0.05, 0.1) is 12.7 Å². The predicted molar refractivity (Wildman–Crippen MR) is 84.7 cm³/mol. The van der Waals surface area contributed by atoms with Gasteiger partial charge in [0.25, 0.3) is 0 Å². The summed E-state index contributed by atoms with van der Waals surface area (Å²) in [6.45, 7) is 2.08. The van der Waals surface area contributed by atoms with Crippen LogP contribution in [-0.4, -0.2) is 14.2 Å². The topological polar surface area (TPSA) is 30.5 Å². The third-order valence-electron chi connectivity index (χ3n) is 3.15. The Morgan fingerprint density at radius 1 is 1.05 bits per heavy atom. The maximum atomic E-state index is 5.99. The quantitative estimate of drug-likeness (QED) is 0.870. The van der Waals surface area contributed by atoms with Gasteiger partial charge in [-0.2, -0.15) is 0 Å². The minimum absolute atomic E-state index is 0.136. The lowest BCUT2D eigenvalue weighted by molar-refractivity contribution is 0.393. The van der Waals surface area contributed by atoms with Gasteiger partial charge in [-0.25, -0.2) is 0 Å². The van der Waals surface area contributed by atoms with Crippen LogP contribution in [-0.2, 0) is 0 Å². The lowest BCUT2D eigenvalue weighted by Crippen LogP contribution is -2.14. The van der Waals surface area contributed by atoms with Crippen LogP contribution in [0.1, 0.15) is 18.5 Å². The highest BCUT2D eigenvalue weighted by Crippen LogP contribution is 2.36. The van der Waals surface area contributed by atoms with Crippen molar-refractivity contribution in [3.8, 4) is 17.2 Å². The van der Waals surface area contributed by atoms with Gasteiger partial charge in [-0.1, -0.05) is 22.0 Å². The van der Waals surface area contributed by atoms with E-state index in [1.54, 1.807) is 7.11 Å². The Labute approximate surface area is 128 Å². The molecular weight excluding hydrogens is 318 g/mol. The summed E-state index contributed by atoms with van der Waals surface area (Å²) in [5, 5.41) is 3.22. The molecule has 0 spiro atoms. The average Bonchev–Trinajstić information content (AvgIpc) is 2.48. The molecule has 0 aliphatic rings. The Morgan fingerprint density at radius 2 is 1.70 bits per heavy atom. The first-order valence-corrected chi connectivity index (χ1v) is 7.22. The normalized spacial score (nSPS) is 12.0. The molecule has 0 fully saturated rings. The van der Waals surface area contributed by atoms with Gasteiger partial charge in [-0.15, -0.1) is 0 Å². The van der Waals surface area contributed by atoms with Crippen molar-refractivity contribution >= 4 is 15.9 Å². The minimum atomic E-state index is 0.136. The van der Waals surface area contributed by atoms with E-state index in [4.69, 9.17) is 9.47 Å². The summed E-state index contributed by atoms with van der Waals surface area (Å²) in [5.41, 5.74) is 1.01. The second kappa shape index (κ2) is 6.77. The Kier molecular flexibility index (Phi) is 5.04. The number of ether oxygens (including phenoxy) is 2. The SMILES string of the molecule is CNC(C)c1c(OC)cccc1Oc1ccc(Br)cc1. The number of benzene rings is 2. The molecule has 1 N–H and O–H groups in total. The fourth-order valence-corrected chi connectivity index (χ4v) is 2.26. The molecule has 1 unspecified atom stereocenters. The van der Waals surface area contributed by atoms with Crippen molar-refractivity contribution < 1.29 is 9.47 Å². The first-order valence-electron chi connectivity index (χ1n) is 6.43. The summed E-state index contributed by atoms with van der Waals surface area (Å²) in [7, 11) is 3.59. The van der Waals surface area contributed by atoms with Crippen molar-refractivity contribution in [2.24, 2.45) is 0 Å². The molecule has 2 aromatic carbocycles. The number of methoxy groups -OCH3 is 1. The molecule has 0 aromatic heterocycles. The zero-order valence-corrected chi connectivity index (χ0v) is 13.4. The Hall–Kier alpha value is -1.52. The molecule has 20 heavy (non-hydrogen) atoms. The number of nitrogens with one attached hydrogen (secondary N) is 1. The summed E-state index contributed by atoms with van der Waals surface area (Å²) >= 11 is 3.42. The molecule has 0 saturated carbocycles. The van der Waals surface area contributed by atoms with Crippen LogP contribution in [0.5, 0.6) is 17.2 Å². The van der Waals surface area contributed by atoms with Crippen LogP contribution in [0.15, 0.2) is 46.9 Å². The highest BCUT2D eigenvalue weighted by atomic mass is 79.9. The van der Waals surface area contributed by atoms with Crippen molar-refractivity contribution in [2.45, 2.75) is 13.0 Å². The molecule has 0 amide bonds. The summed E-state index contributed by atoms with van der Waals surface area (Å²) in [6, 6.07) is 13.7. The fourth-order valence-electron chi connectivity index (χ4n) is 1.99. The standard InChI is InChI=1S/C16H18BrNO2/c1-11(18-2)16-14(19-3)5-4-6-15(16)20-13-9-7-12(17)8-10-13/h4-11,18H,1-3H3. The van der Waals surface area contributed by atoms with Crippen LogP contribution in [0.3, 0.4) is 0 Å². The molecule has 1 atom stereocenters. The maximum absolute atomic E-state index is 5.99. The van der Waals surface area contributed by atoms with E-state index in [0.29, 0.717) is 0 Å². The van der Waals surface area contributed by atoms with Crippen molar-refractivity contribution in [1.29, 1.82) is 0 Å². The molecule has 0 aliphatic carbocycles. The van der Waals surface area contributed by atoms with Gasteiger partial charge in [-0.05, 0) is 50.4 Å². The van der Waals surface area contributed by atoms with E-state index < -0.39 is 0 Å². The van der Waals surface area contributed by atoms with E-state index >= 15 is 0 Å². The van der Waals surface area contributed by atoms with Gasteiger partial charge < -0.3 is 14.8 Å². The van der Waals surface area contributed by atoms with E-state index in [1.165, 1.54) is 0 Å². The lowest BCUT2D eigenvalue weighted by atomic mass is 10.1. The molecule has 2 rings (SSSR count). The third-order valence-corrected chi connectivity index (χ3v) is 3.68. The van der Waals surface area contributed by atoms with Gasteiger partial charge in [0.1, 0.15) is 17.2 Å². The number of hydrogen-bond acceptors (Lipinski definition) is 3. The smallest absolute Gasteiger partial charge is 0.135 e. The van der Waals surface area contributed by atoms with Crippen LogP contribution in [0.25, 0.3) is 0 Å². The van der Waals surface area contributed by atoms with Gasteiger partial charge in [0.15, 0.2) is 0 Å². The minimum Gasteiger partial charge on any atom is -0.496 e. The van der Waals surface area contributed by atoms with E-state index in [1.807, 2.05) is 49.5 Å². The van der Waals surface area contributed by atoms with E-state index in [-0.39, 0.29) is 6.04 Å².